The Labute approximate surface area is 140 Å². The van der Waals surface area contributed by atoms with Gasteiger partial charge in [0.2, 0.25) is 0 Å². The standard InChI is InChI=1S/C18H19NO5/c1-11-8-9-13(10-15(11)20)18(22)24-12(2)17(21)19-14-6-4-5-7-16(14)23-3/h4-10,12,20H,1-3H3,(H,19,21). The van der Waals surface area contributed by atoms with Crippen LogP contribution in [0.15, 0.2) is 42.5 Å². The molecule has 2 rings (SSSR count). The molecule has 0 aliphatic heterocycles. The number of esters is 1. The van der Waals surface area contributed by atoms with E-state index in [4.69, 9.17) is 9.47 Å². The lowest BCUT2D eigenvalue weighted by Gasteiger charge is -2.15. The van der Waals surface area contributed by atoms with Crippen molar-refractivity contribution in [2.45, 2.75) is 20.0 Å². The fourth-order valence-electron chi connectivity index (χ4n) is 2.00. The lowest BCUT2D eigenvalue weighted by atomic mass is 10.1. The van der Waals surface area contributed by atoms with Crippen LogP contribution in [0.2, 0.25) is 0 Å². The first-order valence-electron chi connectivity index (χ1n) is 7.37. The summed E-state index contributed by atoms with van der Waals surface area (Å²) in [5.41, 5.74) is 1.31. The molecule has 24 heavy (non-hydrogen) atoms. The van der Waals surface area contributed by atoms with Gasteiger partial charge in [-0.05, 0) is 43.7 Å². The topological polar surface area (TPSA) is 84.9 Å². The van der Waals surface area contributed by atoms with E-state index >= 15 is 0 Å². The second-order valence-corrected chi connectivity index (χ2v) is 5.24. The Morgan fingerprint density at radius 1 is 1.17 bits per heavy atom. The largest absolute Gasteiger partial charge is 0.508 e. The Morgan fingerprint density at radius 3 is 2.54 bits per heavy atom. The normalized spacial score (nSPS) is 11.5. The molecular formula is C18H19NO5. The molecule has 0 saturated carbocycles. The first-order chi connectivity index (χ1) is 11.4. The monoisotopic (exact) mass is 329 g/mol. The first kappa shape index (κ1) is 17.3. The Bertz CT molecular complexity index is 757. The molecule has 2 aromatic rings. The zero-order valence-corrected chi connectivity index (χ0v) is 13.7. The number of ether oxygens (including phenoxy) is 2. The van der Waals surface area contributed by atoms with Crippen molar-refractivity contribution in [2.24, 2.45) is 0 Å². The first-order valence-corrected chi connectivity index (χ1v) is 7.37. The van der Waals surface area contributed by atoms with Crippen LogP contribution in [0.1, 0.15) is 22.8 Å². The highest BCUT2D eigenvalue weighted by Gasteiger charge is 2.20. The fourth-order valence-corrected chi connectivity index (χ4v) is 2.00. The van der Waals surface area contributed by atoms with Gasteiger partial charge in [-0.2, -0.15) is 0 Å². The molecule has 6 nitrogen and oxygen atoms in total. The molecule has 0 fully saturated rings. The molecule has 1 amide bonds. The highest BCUT2D eigenvalue weighted by Crippen LogP contribution is 2.23. The van der Waals surface area contributed by atoms with Crippen molar-refractivity contribution in [1.29, 1.82) is 0 Å². The van der Waals surface area contributed by atoms with E-state index in [-0.39, 0.29) is 11.3 Å². The van der Waals surface area contributed by atoms with Gasteiger partial charge in [-0.25, -0.2) is 4.79 Å². The molecule has 126 valence electrons. The molecule has 2 N–H and O–H groups in total. The Balaban J connectivity index is 2.03. The molecule has 0 saturated heterocycles. The quantitative estimate of drug-likeness (QED) is 0.824. The fraction of sp³-hybridized carbons (Fsp3) is 0.222. The van der Waals surface area contributed by atoms with Crippen LogP contribution in [0.5, 0.6) is 11.5 Å². The van der Waals surface area contributed by atoms with Gasteiger partial charge in [0.25, 0.3) is 5.91 Å². The van der Waals surface area contributed by atoms with Gasteiger partial charge in [-0.1, -0.05) is 18.2 Å². The van der Waals surface area contributed by atoms with Crippen LogP contribution in [0, 0.1) is 6.92 Å². The molecule has 0 spiro atoms. The van der Waals surface area contributed by atoms with Gasteiger partial charge < -0.3 is 19.9 Å². The summed E-state index contributed by atoms with van der Waals surface area (Å²) < 4.78 is 10.3. The van der Waals surface area contributed by atoms with Crippen LogP contribution in [0.25, 0.3) is 0 Å². The van der Waals surface area contributed by atoms with Gasteiger partial charge in [0.05, 0.1) is 18.4 Å². The Hall–Kier alpha value is -3.02. The molecule has 2 aromatic carbocycles. The second-order valence-electron chi connectivity index (χ2n) is 5.24. The number of para-hydroxylation sites is 2. The number of methoxy groups -OCH3 is 1. The minimum Gasteiger partial charge on any atom is -0.508 e. The van der Waals surface area contributed by atoms with E-state index in [1.54, 1.807) is 37.3 Å². The molecule has 6 heteroatoms. The highest BCUT2D eigenvalue weighted by molar-refractivity contribution is 5.98. The molecule has 0 radical (unpaired) electrons. The number of aryl methyl sites for hydroxylation is 1. The summed E-state index contributed by atoms with van der Waals surface area (Å²) in [6, 6.07) is 11.4. The minimum atomic E-state index is -1.01. The number of hydrogen-bond acceptors (Lipinski definition) is 5. The van der Waals surface area contributed by atoms with E-state index in [1.165, 1.54) is 26.2 Å². The number of phenolic OH excluding ortho intramolecular Hbond substituents is 1. The maximum Gasteiger partial charge on any atom is 0.339 e. The highest BCUT2D eigenvalue weighted by atomic mass is 16.5. The summed E-state index contributed by atoms with van der Waals surface area (Å²) in [6.07, 6.45) is -1.01. The predicted octanol–water partition coefficient (Wildman–Crippen LogP) is 2.89. The van der Waals surface area contributed by atoms with Crippen molar-refractivity contribution in [1.82, 2.24) is 0 Å². The summed E-state index contributed by atoms with van der Waals surface area (Å²) >= 11 is 0. The average molecular weight is 329 g/mol. The molecule has 0 aliphatic carbocycles. The van der Waals surface area contributed by atoms with Crippen LogP contribution in [-0.2, 0) is 9.53 Å². The van der Waals surface area contributed by atoms with E-state index < -0.39 is 18.0 Å². The summed E-state index contributed by atoms with van der Waals surface area (Å²) in [6.45, 7) is 3.18. The van der Waals surface area contributed by atoms with E-state index in [0.29, 0.717) is 17.0 Å². The third-order valence-electron chi connectivity index (χ3n) is 3.46. The maximum absolute atomic E-state index is 12.2. The third kappa shape index (κ3) is 4.04. The minimum absolute atomic E-state index is 0.00410. The van der Waals surface area contributed by atoms with E-state index in [0.717, 1.165) is 0 Å². The van der Waals surface area contributed by atoms with Gasteiger partial charge in [0.15, 0.2) is 6.10 Å². The lowest BCUT2D eigenvalue weighted by Crippen LogP contribution is -2.30. The van der Waals surface area contributed by atoms with Crippen molar-refractivity contribution in [3.63, 3.8) is 0 Å². The maximum atomic E-state index is 12.2. The molecule has 0 aliphatic rings. The smallest absolute Gasteiger partial charge is 0.339 e. The van der Waals surface area contributed by atoms with E-state index in [2.05, 4.69) is 5.32 Å². The number of nitrogens with one attached hydrogen (secondary N) is 1. The molecule has 0 aromatic heterocycles. The Morgan fingerprint density at radius 2 is 1.88 bits per heavy atom. The van der Waals surface area contributed by atoms with Crippen LogP contribution in [0.3, 0.4) is 0 Å². The van der Waals surface area contributed by atoms with Gasteiger partial charge >= 0.3 is 5.97 Å². The van der Waals surface area contributed by atoms with Crippen LogP contribution < -0.4 is 10.1 Å². The summed E-state index contributed by atoms with van der Waals surface area (Å²) in [4.78, 5) is 24.2. The van der Waals surface area contributed by atoms with E-state index in [1.807, 2.05) is 0 Å². The number of aromatic hydroxyl groups is 1. The number of rotatable bonds is 5. The lowest BCUT2D eigenvalue weighted by molar-refractivity contribution is -0.123. The van der Waals surface area contributed by atoms with E-state index in [9.17, 15) is 14.7 Å². The molecule has 0 bridgehead atoms. The van der Waals surface area contributed by atoms with Gasteiger partial charge in [-0.3, -0.25) is 4.79 Å². The van der Waals surface area contributed by atoms with Crippen molar-refractivity contribution in [3.8, 4) is 11.5 Å². The summed E-state index contributed by atoms with van der Waals surface area (Å²) in [5.74, 6) is -0.666. The Kier molecular flexibility index (Phi) is 5.42. The summed E-state index contributed by atoms with van der Waals surface area (Å²) in [5, 5.41) is 12.3. The zero-order chi connectivity index (χ0) is 17.7. The average Bonchev–Trinajstić information content (AvgIpc) is 2.57. The number of phenols is 1. The predicted molar refractivity (Wildman–Crippen MR) is 89.3 cm³/mol. The van der Waals surface area contributed by atoms with Crippen molar-refractivity contribution in [2.75, 3.05) is 12.4 Å². The van der Waals surface area contributed by atoms with Crippen LogP contribution in [0.4, 0.5) is 5.69 Å². The molecule has 1 atom stereocenters. The number of carbonyl (C=O) groups excluding carboxylic acids is 2. The second kappa shape index (κ2) is 7.50. The third-order valence-corrected chi connectivity index (χ3v) is 3.46. The van der Waals surface area contributed by atoms with Gasteiger partial charge in [0.1, 0.15) is 11.5 Å². The molecule has 0 heterocycles. The van der Waals surface area contributed by atoms with Gasteiger partial charge in [-0.15, -0.1) is 0 Å². The summed E-state index contributed by atoms with van der Waals surface area (Å²) in [7, 11) is 1.50. The van der Waals surface area contributed by atoms with Crippen molar-refractivity contribution < 1.29 is 24.2 Å². The van der Waals surface area contributed by atoms with Crippen LogP contribution >= 0.6 is 0 Å². The molecular weight excluding hydrogens is 310 g/mol. The SMILES string of the molecule is COc1ccccc1NC(=O)C(C)OC(=O)c1ccc(C)c(O)c1. The van der Waals surface area contributed by atoms with Crippen LogP contribution in [-0.4, -0.2) is 30.2 Å². The van der Waals surface area contributed by atoms with Crippen molar-refractivity contribution in [3.05, 3.63) is 53.6 Å². The number of amides is 1. The zero-order valence-electron chi connectivity index (χ0n) is 13.7. The molecule has 1 unspecified atom stereocenters. The number of carbonyl (C=O) groups is 2. The van der Waals surface area contributed by atoms with Crippen molar-refractivity contribution >= 4 is 17.6 Å². The van der Waals surface area contributed by atoms with Gasteiger partial charge in [0, 0.05) is 0 Å². The number of benzene rings is 2. The number of hydrogen-bond donors (Lipinski definition) is 2. The number of anilines is 1.